The maximum absolute atomic E-state index is 12.8. The Morgan fingerprint density at radius 2 is 1.95 bits per heavy atom. The van der Waals surface area contributed by atoms with E-state index in [1.807, 2.05) is 0 Å². The molecule has 0 unspecified atom stereocenters. The largest absolute Gasteiger partial charge is 0.467 e. The molecule has 0 bridgehead atoms. The number of methoxy groups -OCH3 is 1. The van der Waals surface area contributed by atoms with Crippen molar-refractivity contribution in [2.45, 2.75) is 25.8 Å². The Kier molecular flexibility index (Phi) is 5.90. The molecule has 1 amide bonds. The molecule has 1 rings (SSSR count). The summed E-state index contributed by atoms with van der Waals surface area (Å²) in [5.74, 6) is -1.20. The average Bonchev–Trinajstić information content (AvgIpc) is 2.39. The molecule has 0 aromatic heterocycles. The number of halogens is 1. The lowest BCUT2D eigenvalue weighted by molar-refractivity contribution is -0.145. The number of nitrogens with one attached hydrogen (secondary N) is 1. The molecule has 1 aromatic rings. The van der Waals surface area contributed by atoms with E-state index < -0.39 is 12.0 Å². The maximum atomic E-state index is 12.8. The second-order valence-corrected chi connectivity index (χ2v) is 4.61. The maximum Gasteiger partial charge on any atom is 0.328 e. The monoisotopic (exact) mass is 279 g/mol. The van der Waals surface area contributed by atoms with Gasteiger partial charge in [-0.1, -0.05) is 17.7 Å². The molecule has 0 fully saturated rings. The Hall–Kier alpha value is -2.17. The van der Waals surface area contributed by atoms with Crippen molar-refractivity contribution in [1.29, 1.82) is 0 Å². The number of benzene rings is 1. The lowest BCUT2D eigenvalue weighted by Gasteiger charge is -2.16. The van der Waals surface area contributed by atoms with Gasteiger partial charge >= 0.3 is 5.97 Å². The SMILES string of the molecule is C=C(C)C[C@@H](NC(=O)Cc1ccc(F)cc1)C(=O)OC. The minimum absolute atomic E-state index is 0.0734. The number of esters is 1. The first-order valence-corrected chi connectivity index (χ1v) is 6.18. The van der Waals surface area contributed by atoms with Crippen LogP contribution in [0.15, 0.2) is 36.4 Å². The molecule has 20 heavy (non-hydrogen) atoms. The van der Waals surface area contributed by atoms with Gasteiger partial charge in [0, 0.05) is 0 Å². The Morgan fingerprint density at radius 1 is 1.35 bits per heavy atom. The number of hydrogen-bond donors (Lipinski definition) is 1. The summed E-state index contributed by atoms with van der Waals surface area (Å²) in [6, 6.07) is 4.88. The second kappa shape index (κ2) is 7.43. The van der Waals surface area contributed by atoms with Crippen LogP contribution in [-0.4, -0.2) is 25.0 Å². The third kappa shape index (κ3) is 5.22. The highest BCUT2D eigenvalue weighted by atomic mass is 19.1. The summed E-state index contributed by atoms with van der Waals surface area (Å²) < 4.78 is 17.4. The van der Waals surface area contributed by atoms with Crippen LogP contribution in [0.4, 0.5) is 4.39 Å². The van der Waals surface area contributed by atoms with Gasteiger partial charge in [-0.3, -0.25) is 4.79 Å². The fourth-order valence-corrected chi connectivity index (χ4v) is 1.72. The van der Waals surface area contributed by atoms with Crippen LogP contribution in [0.25, 0.3) is 0 Å². The fourth-order valence-electron chi connectivity index (χ4n) is 1.72. The van der Waals surface area contributed by atoms with Gasteiger partial charge in [0.05, 0.1) is 13.5 Å². The summed E-state index contributed by atoms with van der Waals surface area (Å²) >= 11 is 0. The predicted octanol–water partition coefficient (Wildman–Crippen LogP) is 1.99. The summed E-state index contributed by atoms with van der Waals surface area (Å²) in [5.41, 5.74) is 1.44. The van der Waals surface area contributed by atoms with Crippen molar-refractivity contribution < 1.29 is 18.7 Å². The normalized spacial score (nSPS) is 11.6. The lowest BCUT2D eigenvalue weighted by atomic mass is 10.1. The van der Waals surface area contributed by atoms with E-state index in [0.29, 0.717) is 12.0 Å². The quantitative estimate of drug-likeness (QED) is 0.640. The van der Waals surface area contributed by atoms with E-state index in [9.17, 15) is 14.0 Å². The van der Waals surface area contributed by atoms with E-state index in [0.717, 1.165) is 5.57 Å². The van der Waals surface area contributed by atoms with Crippen molar-refractivity contribution >= 4 is 11.9 Å². The van der Waals surface area contributed by atoms with Gasteiger partial charge in [-0.15, -0.1) is 6.58 Å². The van der Waals surface area contributed by atoms with Crippen molar-refractivity contribution in [3.05, 3.63) is 47.8 Å². The molecule has 1 N–H and O–H groups in total. The molecular weight excluding hydrogens is 261 g/mol. The number of carbonyl (C=O) groups excluding carboxylic acids is 2. The van der Waals surface area contributed by atoms with E-state index in [-0.39, 0.29) is 18.1 Å². The molecule has 1 aromatic carbocycles. The molecular formula is C15H18FNO3. The van der Waals surface area contributed by atoms with Crippen LogP contribution in [0.3, 0.4) is 0 Å². The van der Waals surface area contributed by atoms with Gasteiger partial charge in [0.2, 0.25) is 5.91 Å². The highest BCUT2D eigenvalue weighted by Gasteiger charge is 2.21. The summed E-state index contributed by atoms with van der Waals surface area (Å²) in [5, 5.41) is 2.59. The molecule has 0 aliphatic carbocycles. The summed E-state index contributed by atoms with van der Waals surface area (Å²) in [6.07, 6.45) is 0.395. The number of amides is 1. The standard InChI is InChI=1S/C15H18FNO3/c1-10(2)8-13(15(19)20-3)17-14(18)9-11-4-6-12(16)7-5-11/h4-7,13H,1,8-9H2,2-3H3,(H,17,18)/t13-/m1/s1. The van der Waals surface area contributed by atoms with Gasteiger partial charge in [0.25, 0.3) is 0 Å². The molecule has 5 heteroatoms. The highest BCUT2D eigenvalue weighted by Crippen LogP contribution is 2.06. The summed E-state index contributed by atoms with van der Waals surface area (Å²) in [6.45, 7) is 5.48. The smallest absolute Gasteiger partial charge is 0.328 e. The summed E-state index contributed by atoms with van der Waals surface area (Å²) in [4.78, 5) is 23.4. The summed E-state index contributed by atoms with van der Waals surface area (Å²) in [7, 11) is 1.26. The number of ether oxygens (including phenoxy) is 1. The van der Waals surface area contributed by atoms with Crippen LogP contribution in [0.5, 0.6) is 0 Å². The Balaban J connectivity index is 2.63. The minimum atomic E-state index is -0.745. The van der Waals surface area contributed by atoms with Gasteiger partial charge in [0.15, 0.2) is 0 Å². The average molecular weight is 279 g/mol. The molecule has 0 heterocycles. The Labute approximate surface area is 117 Å². The first kappa shape index (κ1) is 15.9. The van der Waals surface area contributed by atoms with E-state index in [4.69, 9.17) is 0 Å². The van der Waals surface area contributed by atoms with Crippen LogP contribution in [0.1, 0.15) is 18.9 Å². The van der Waals surface area contributed by atoms with Crippen molar-refractivity contribution in [2.75, 3.05) is 7.11 Å². The first-order chi connectivity index (χ1) is 9.42. The van der Waals surface area contributed by atoms with Gasteiger partial charge < -0.3 is 10.1 Å². The van der Waals surface area contributed by atoms with Crippen LogP contribution in [0, 0.1) is 5.82 Å². The Morgan fingerprint density at radius 3 is 2.45 bits per heavy atom. The zero-order valence-corrected chi connectivity index (χ0v) is 11.6. The zero-order chi connectivity index (χ0) is 15.1. The van der Waals surface area contributed by atoms with Crippen molar-refractivity contribution in [1.82, 2.24) is 5.32 Å². The minimum Gasteiger partial charge on any atom is -0.467 e. The second-order valence-electron chi connectivity index (χ2n) is 4.61. The van der Waals surface area contributed by atoms with Gasteiger partial charge in [-0.2, -0.15) is 0 Å². The Bertz CT molecular complexity index is 496. The van der Waals surface area contributed by atoms with Gasteiger partial charge in [-0.25, -0.2) is 9.18 Å². The first-order valence-electron chi connectivity index (χ1n) is 6.18. The van der Waals surface area contributed by atoms with Crippen LogP contribution in [0.2, 0.25) is 0 Å². The lowest BCUT2D eigenvalue weighted by Crippen LogP contribution is -2.42. The molecule has 0 radical (unpaired) electrons. The molecule has 4 nitrogen and oxygen atoms in total. The predicted molar refractivity (Wildman–Crippen MR) is 73.5 cm³/mol. The zero-order valence-electron chi connectivity index (χ0n) is 11.6. The van der Waals surface area contributed by atoms with Crippen molar-refractivity contribution in [3.63, 3.8) is 0 Å². The van der Waals surface area contributed by atoms with Crippen LogP contribution in [-0.2, 0) is 20.7 Å². The molecule has 108 valence electrons. The topological polar surface area (TPSA) is 55.4 Å². The fraction of sp³-hybridized carbons (Fsp3) is 0.333. The molecule has 0 spiro atoms. The number of rotatable bonds is 6. The highest BCUT2D eigenvalue weighted by molar-refractivity contribution is 5.85. The van der Waals surface area contributed by atoms with E-state index >= 15 is 0 Å². The molecule has 1 atom stereocenters. The molecule has 0 saturated heterocycles. The van der Waals surface area contributed by atoms with Crippen molar-refractivity contribution in [3.8, 4) is 0 Å². The van der Waals surface area contributed by atoms with Crippen LogP contribution < -0.4 is 5.32 Å². The van der Waals surface area contributed by atoms with Gasteiger partial charge in [0.1, 0.15) is 11.9 Å². The number of hydrogen-bond acceptors (Lipinski definition) is 3. The van der Waals surface area contributed by atoms with Crippen LogP contribution >= 0.6 is 0 Å². The number of carbonyl (C=O) groups is 2. The molecule has 0 saturated carbocycles. The third-order valence-electron chi connectivity index (χ3n) is 2.65. The molecule has 0 aliphatic heterocycles. The van der Waals surface area contributed by atoms with E-state index in [1.165, 1.54) is 31.4 Å². The van der Waals surface area contributed by atoms with E-state index in [1.54, 1.807) is 6.92 Å². The molecule has 0 aliphatic rings. The van der Waals surface area contributed by atoms with Gasteiger partial charge in [-0.05, 0) is 31.0 Å². The third-order valence-corrected chi connectivity index (χ3v) is 2.65. The van der Waals surface area contributed by atoms with Crippen molar-refractivity contribution in [2.24, 2.45) is 0 Å². The van der Waals surface area contributed by atoms with E-state index in [2.05, 4.69) is 16.6 Å².